The largest absolute Gasteiger partial charge is 0.475 e. The number of ether oxygens (including phenoxy) is 1. The van der Waals surface area contributed by atoms with E-state index in [0.29, 0.717) is 5.88 Å². The molecule has 0 radical (unpaired) electrons. The van der Waals surface area contributed by atoms with Crippen molar-refractivity contribution in [2.45, 2.75) is 0 Å². The van der Waals surface area contributed by atoms with Crippen molar-refractivity contribution in [1.82, 2.24) is 15.5 Å². The first-order chi connectivity index (χ1) is 12.2. The molecule has 0 bridgehead atoms. The highest BCUT2D eigenvalue weighted by molar-refractivity contribution is 5.94. The molecule has 1 aromatic heterocycles. The van der Waals surface area contributed by atoms with Gasteiger partial charge in [-0.3, -0.25) is 4.79 Å². The van der Waals surface area contributed by atoms with E-state index >= 15 is 0 Å². The van der Waals surface area contributed by atoms with E-state index in [-0.39, 0.29) is 18.7 Å². The summed E-state index contributed by atoms with van der Waals surface area (Å²) in [5, 5.41) is 10.7. The van der Waals surface area contributed by atoms with Gasteiger partial charge in [-0.1, -0.05) is 42.5 Å². The molecule has 0 aliphatic rings. The molecule has 2 aromatic carbocycles. The van der Waals surface area contributed by atoms with Crippen LogP contribution < -0.4 is 10.1 Å². The molecular formula is C19H16FN3O2. The van der Waals surface area contributed by atoms with E-state index in [2.05, 4.69) is 15.5 Å². The number of carbonyl (C=O) groups is 1. The lowest BCUT2D eigenvalue weighted by Crippen LogP contribution is -2.28. The lowest BCUT2D eigenvalue weighted by atomic mass is 10.1. The summed E-state index contributed by atoms with van der Waals surface area (Å²) in [6.45, 7) is 0.439. The van der Waals surface area contributed by atoms with Crippen LogP contribution in [0.25, 0.3) is 11.3 Å². The molecule has 5 nitrogen and oxygen atoms in total. The topological polar surface area (TPSA) is 64.1 Å². The normalized spacial score (nSPS) is 10.3. The van der Waals surface area contributed by atoms with Gasteiger partial charge in [-0.15, -0.1) is 10.2 Å². The number of nitrogens with one attached hydrogen (secondary N) is 1. The quantitative estimate of drug-likeness (QED) is 0.702. The fourth-order valence-electron chi connectivity index (χ4n) is 2.22. The van der Waals surface area contributed by atoms with Gasteiger partial charge in [0.25, 0.3) is 5.91 Å². The van der Waals surface area contributed by atoms with Gasteiger partial charge in [-0.25, -0.2) is 4.39 Å². The Bertz CT molecular complexity index is 839. The van der Waals surface area contributed by atoms with Crippen molar-refractivity contribution in [1.29, 1.82) is 0 Å². The van der Waals surface area contributed by atoms with Crippen LogP contribution in [0.15, 0.2) is 66.7 Å². The van der Waals surface area contributed by atoms with E-state index in [4.69, 9.17) is 4.74 Å². The van der Waals surface area contributed by atoms with E-state index in [0.717, 1.165) is 11.3 Å². The van der Waals surface area contributed by atoms with Crippen molar-refractivity contribution >= 4 is 5.91 Å². The molecule has 25 heavy (non-hydrogen) atoms. The summed E-state index contributed by atoms with van der Waals surface area (Å²) in [4.78, 5) is 11.8. The first-order valence-electron chi connectivity index (χ1n) is 7.79. The number of carbonyl (C=O) groups excluding carboxylic acids is 1. The SMILES string of the molecule is O=C(NCCOc1ccc(-c2ccccc2)nn1)c1ccccc1F. The van der Waals surface area contributed by atoms with Gasteiger partial charge in [-0.05, 0) is 18.2 Å². The Labute approximate surface area is 144 Å². The van der Waals surface area contributed by atoms with Crippen molar-refractivity contribution in [3.63, 3.8) is 0 Å². The van der Waals surface area contributed by atoms with Gasteiger partial charge in [0.05, 0.1) is 17.8 Å². The highest BCUT2D eigenvalue weighted by atomic mass is 19.1. The highest BCUT2D eigenvalue weighted by Gasteiger charge is 2.09. The molecule has 0 saturated heterocycles. The Hall–Kier alpha value is -3.28. The Kier molecular flexibility index (Phi) is 5.31. The number of nitrogens with zero attached hydrogens (tertiary/aromatic N) is 2. The van der Waals surface area contributed by atoms with Crippen molar-refractivity contribution < 1.29 is 13.9 Å². The summed E-state index contributed by atoms with van der Waals surface area (Å²) in [6, 6.07) is 19.0. The fourth-order valence-corrected chi connectivity index (χ4v) is 2.22. The third-order valence-corrected chi connectivity index (χ3v) is 3.47. The predicted molar refractivity (Wildman–Crippen MR) is 91.7 cm³/mol. The molecule has 6 heteroatoms. The third kappa shape index (κ3) is 4.38. The van der Waals surface area contributed by atoms with Crippen LogP contribution in [0, 0.1) is 5.82 Å². The molecule has 3 aromatic rings. The standard InChI is InChI=1S/C19H16FN3O2/c20-16-9-5-4-8-15(16)19(24)21-12-13-25-18-11-10-17(22-23-18)14-6-2-1-3-7-14/h1-11H,12-13H2,(H,21,24). The smallest absolute Gasteiger partial charge is 0.254 e. The Morgan fingerprint density at radius 1 is 0.960 bits per heavy atom. The summed E-state index contributed by atoms with van der Waals surface area (Å²) < 4.78 is 18.9. The molecule has 0 atom stereocenters. The van der Waals surface area contributed by atoms with Gasteiger partial charge < -0.3 is 10.1 Å². The van der Waals surface area contributed by atoms with Gasteiger partial charge in [0, 0.05) is 11.6 Å². The van der Waals surface area contributed by atoms with E-state index < -0.39 is 11.7 Å². The van der Waals surface area contributed by atoms with Crippen molar-refractivity contribution in [3.8, 4) is 17.1 Å². The molecule has 3 rings (SSSR count). The second-order valence-corrected chi connectivity index (χ2v) is 5.21. The van der Waals surface area contributed by atoms with Crippen LogP contribution in [0.2, 0.25) is 0 Å². The molecule has 0 spiro atoms. The van der Waals surface area contributed by atoms with Gasteiger partial charge in [-0.2, -0.15) is 0 Å². The zero-order chi connectivity index (χ0) is 17.5. The van der Waals surface area contributed by atoms with E-state index in [1.165, 1.54) is 18.2 Å². The van der Waals surface area contributed by atoms with Crippen LogP contribution in [-0.2, 0) is 0 Å². The number of benzene rings is 2. The summed E-state index contributed by atoms with van der Waals surface area (Å²) in [6.07, 6.45) is 0. The minimum absolute atomic E-state index is 0.00880. The average Bonchev–Trinajstić information content (AvgIpc) is 2.66. The van der Waals surface area contributed by atoms with Crippen LogP contribution in [0.4, 0.5) is 4.39 Å². The van der Waals surface area contributed by atoms with Gasteiger partial charge in [0.15, 0.2) is 0 Å². The maximum absolute atomic E-state index is 13.5. The molecular weight excluding hydrogens is 321 g/mol. The predicted octanol–water partition coefficient (Wildman–Crippen LogP) is 3.09. The molecule has 1 heterocycles. The molecule has 0 unspecified atom stereocenters. The van der Waals surface area contributed by atoms with Crippen LogP contribution >= 0.6 is 0 Å². The number of aromatic nitrogens is 2. The average molecular weight is 337 g/mol. The maximum Gasteiger partial charge on any atom is 0.254 e. The molecule has 1 N–H and O–H groups in total. The van der Waals surface area contributed by atoms with Crippen LogP contribution in [0.1, 0.15) is 10.4 Å². The summed E-state index contributed by atoms with van der Waals surface area (Å²) in [5.41, 5.74) is 1.73. The zero-order valence-electron chi connectivity index (χ0n) is 13.4. The molecule has 0 saturated carbocycles. The molecule has 0 fully saturated rings. The number of amides is 1. The molecule has 126 valence electrons. The van der Waals surface area contributed by atoms with Gasteiger partial charge in [0.2, 0.25) is 5.88 Å². The summed E-state index contributed by atoms with van der Waals surface area (Å²) >= 11 is 0. The van der Waals surface area contributed by atoms with Crippen molar-refractivity contribution in [3.05, 3.63) is 78.1 Å². The molecule has 0 aliphatic carbocycles. The number of hydrogen-bond donors (Lipinski definition) is 1. The minimum Gasteiger partial charge on any atom is -0.475 e. The van der Waals surface area contributed by atoms with E-state index in [9.17, 15) is 9.18 Å². The number of rotatable bonds is 6. The highest BCUT2D eigenvalue weighted by Crippen LogP contribution is 2.16. The number of halogens is 1. The third-order valence-electron chi connectivity index (χ3n) is 3.47. The lowest BCUT2D eigenvalue weighted by Gasteiger charge is -2.07. The van der Waals surface area contributed by atoms with Crippen LogP contribution in [-0.4, -0.2) is 29.3 Å². The Balaban J connectivity index is 1.48. The van der Waals surface area contributed by atoms with E-state index in [1.807, 2.05) is 36.4 Å². The summed E-state index contributed by atoms with van der Waals surface area (Å²) in [7, 11) is 0. The van der Waals surface area contributed by atoms with Gasteiger partial charge >= 0.3 is 0 Å². The fraction of sp³-hybridized carbons (Fsp3) is 0.105. The Morgan fingerprint density at radius 2 is 1.72 bits per heavy atom. The van der Waals surface area contributed by atoms with Crippen molar-refractivity contribution in [2.24, 2.45) is 0 Å². The minimum atomic E-state index is -0.553. The number of hydrogen-bond acceptors (Lipinski definition) is 4. The van der Waals surface area contributed by atoms with Crippen molar-refractivity contribution in [2.75, 3.05) is 13.2 Å². The zero-order valence-corrected chi connectivity index (χ0v) is 13.4. The molecule has 0 aliphatic heterocycles. The second kappa shape index (κ2) is 8.01. The Morgan fingerprint density at radius 3 is 2.44 bits per heavy atom. The monoisotopic (exact) mass is 337 g/mol. The first-order valence-corrected chi connectivity index (χ1v) is 7.79. The van der Waals surface area contributed by atoms with Crippen LogP contribution in [0.5, 0.6) is 5.88 Å². The van der Waals surface area contributed by atoms with Crippen LogP contribution in [0.3, 0.4) is 0 Å². The molecule has 1 amide bonds. The van der Waals surface area contributed by atoms with Gasteiger partial charge in [0.1, 0.15) is 12.4 Å². The van der Waals surface area contributed by atoms with E-state index in [1.54, 1.807) is 12.1 Å². The second-order valence-electron chi connectivity index (χ2n) is 5.21. The summed E-state index contributed by atoms with van der Waals surface area (Å²) in [5.74, 6) is -0.671. The maximum atomic E-state index is 13.5. The first kappa shape index (κ1) is 16.6. The lowest BCUT2D eigenvalue weighted by molar-refractivity contribution is 0.0942.